The average molecular weight is 272 g/mol. The van der Waals surface area contributed by atoms with E-state index in [0.29, 0.717) is 0 Å². The van der Waals surface area contributed by atoms with Gasteiger partial charge in [0.15, 0.2) is 0 Å². The SMILES string of the molecule is CC(C)[C@H](C(=O)N(C)CC(=O)OC(C)(C)C)N(C)C. The van der Waals surface area contributed by atoms with Crippen LogP contribution in [0.15, 0.2) is 0 Å². The Morgan fingerprint density at radius 1 is 1.11 bits per heavy atom. The molecule has 0 aliphatic rings. The molecule has 0 saturated heterocycles. The minimum Gasteiger partial charge on any atom is -0.459 e. The fourth-order valence-corrected chi connectivity index (χ4v) is 1.97. The molecule has 0 spiro atoms. The van der Waals surface area contributed by atoms with Crippen LogP contribution >= 0.6 is 0 Å². The first-order valence-electron chi connectivity index (χ1n) is 6.59. The van der Waals surface area contributed by atoms with Crippen molar-refractivity contribution in [2.75, 3.05) is 27.7 Å². The van der Waals surface area contributed by atoms with Gasteiger partial charge in [-0.25, -0.2) is 0 Å². The summed E-state index contributed by atoms with van der Waals surface area (Å²) in [5.74, 6) is -0.265. The molecule has 0 saturated carbocycles. The number of likely N-dealkylation sites (N-methyl/N-ethyl adjacent to an activating group) is 2. The van der Waals surface area contributed by atoms with Gasteiger partial charge in [-0.1, -0.05) is 13.8 Å². The molecule has 1 amide bonds. The lowest BCUT2D eigenvalue weighted by molar-refractivity contribution is -0.159. The highest BCUT2D eigenvalue weighted by Crippen LogP contribution is 2.12. The molecule has 0 unspecified atom stereocenters. The zero-order chi connectivity index (χ0) is 15.4. The number of hydrogen-bond donors (Lipinski definition) is 0. The van der Waals surface area contributed by atoms with Gasteiger partial charge in [-0.3, -0.25) is 14.5 Å². The van der Waals surface area contributed by atoms with Crippen molar-refractivity contribution in [1.82, 2.24) is 9.80 Å². The number of nitrogens with zero attached hydrogens (tertiary/aromatic N) is 2. The Hall–Kier alpha value is -1.10. The maximum absolute atomic E-state index is 12.3. The molecule has 0 aromatic heterocycles. The van der Waals surface area contributed by atoms with Gasteiger partial charge in [-0.15, -0.1) is 0 Å². The Balaban J connectivity index is 4.61. The molecule has 1 atom stereocenters. The predicted octanol–water partition coefficient (Wildman–Crippen LogP) is 1.37. The fraction of sp³-hybridized carbons (Fsp3) is 0.857. The maximum atomic E-state index is 12.3. The van der Waals surface area contributed by atoms with Crippen molar-refractivity contribution < 1.29 is 14.3 Å². The van der Waals surface area contributed by atoms with Crippen molar-refractivity contribution in [1.29, 1.82) is 0 Å². The van der Waals surface area contributed by atoms with E-state index < -0.39 is 5.60 Å². The van der Waals surface area contributed by atoms with E-state index in [-0.39, 0.29) is 30.4 Å². The van der Waals surface area contributed by atoms with Crippen LogP contribution in [-0.2, 0) is 14.3 Å². The number of ether oxygens (including phenoxy) is 1. The van der Waals surface area contributed by atoms with E-state index in [1.165, 1.54) is 4.90 Å². The zero-order valence-corrected chi connectivity index (χ0v) is 13.5. The Morgan fingerprint density at radius 2 is 1.58 bits per heavy atom. The quantitative estimate of drug-likeness (QED) is 0.709. The van der Waals surface area contributed by atoms with Gasteiger partial charge in [0.05, 0.1) is 6.04 Å². The molecule has 0 radical (unpaired) electrons. The highest BCUT2D eigenvalue weighted by molar-refractivity contribution is 5.85. The molecule has 5 heteroatoms. The summed E-state index contributed by atoms with van der Waals surface area (Å²) < 4.78 is 5.21. The van der Waals surface area contributed by atoms with Crippen molar-refractivity contribution in [3.8, 4) is 0 Å². The van der Waals surface area contributed by atoms with Crippen LogP contribution in [0.3, 0.4) is 0 Å². The summed E-state index contributed by atoms with van der Waals surface area (Å²) in [7, 11) is 5.36. The first-order chi connectivity index (χ1) is 8.45. The third kappa shape index (κ3) is 6.57. The van der Waals surface area contributed by atoms with Gasteiger partial charge in [0.1, 0.15) is 12.1 Å². The van der Waals surface area contributed by atoms with Gasteiger partial charge in [-0.05, 0) is 40.8 Å². The lowest BCUT2D eigenvalue weighted by Gasteiger charge is -2.31. The van der Waals surface area contributed by atoms with E-state index in [1.807, 2.05) is 53.6 Å². The fourth-order valence-electron chi connectivity index (χ4n) is 1.97. The van der Waals surface area contributed by atoms with E-state index in [1.54, 1.807) is 7.05 Å². The second-order valence-electron chi connectivity index (χ2n) is 6.43. The topological polar surface area (TPSA) is 49.9 Å². The largest absolute Gasteiger partial charge is 0.459 e. The molecule has 0 aromatic carbocycles. The van der Waals surface area contributed by atoms with Crippen molar-refractivity contribution >= 4 is 11.9 Å². The molecule has 19 heavy (non-hydrogen) atoms. The standard InChI is InChI=1S/C14H28N2O3/c1-10(2)12(15(6)7)13(18)16(8)9-11(17)19-14(3,4)5/h10,12H,9H2,1-8H3/t12-/m1/s1. The molecule has 0 aliphatic heterocycles. The highest BCUT2D eigenvalue weighted by Gasteiger charge is 2.29. The van der Waals surface area contributed by atoms with Gasteiger partial charge >= 0.3 is 5.97 Å². The van der Waals surface area contributed by atoms with Crippen LogP contribution in [0.4, 0.5) is 0 Å². The van der Waals surface area contributed by atoms with E-state index in [2.05, 4.69) is 0 Å². The van der Waals surface area contributed by atoms with E-state index in [4.69, 9.17) is 4.74 Å². The lowest BCUT2D eigenvalue weighted by atomic mass is 10.0. The number of hydrogen-bond acceptors (Lipinski definition) is 4. The van der Waals surface area contributed by atoms with Crippen LogP contribution in [0.5, 0.6) is 0 Å². The first-order valence-corrected chi connectivity index (χ1v) is 6.59. The van der Waals surface area contributed by atoms with Crippen molar-refractivity contribution in [3.63, 3.8) is 0 Å². The van der Waals surface area contributed by atoms with Gasteiger partial charge < -0.3 is 9.64 Å². The van der Waals surface area contributed by atoms with Gasteiger partial charge in [0.2, 0.25) is 5.91 Å². The molecule has 0 heterocycles. The van der Waals surface area contributed by atoms with Crippen molar-refractivity contribution in [2.24, 2.45) is 5.92 Å². The monoisotopic (exact) mass is 272 g/mol. The molecule has 0 bridgehead atoms. The van der Waals surface area contributed by atoms with Crippen molar-refractivity contribution in [3.05, 3.63) is 0 Å². The molecule has 0 N–H and O–H groups in total. The summed E-state index contributed by atoms with van der Waals surface area (Å²) in [5, 5.41) is 0. The summed E-state index contributed by atoms with van der Waals surface area (Å²) in [5.41, 5.74) is -0.528. The molecule has 5 nitrogen and oxygen atoms in total. The summed E-state index contributed by atoms with van der Waals surface area (Å²) in [4.78, 5) is 27.3. The minimum atomic E-state index is -0.528. The van der Waals surface area contributed by atoms with Gasteiger partial charge in [0.25, 0.3) is 0 Å². The molecule has 0 rings (SSSR count). The molecule has 0 aliphatic carbocycles. The Labute approximate surface area is 116 Å². The molecule has 0 aromatic rings. The third-order valence-electron chi connectivity index (χ3n) is 2.60. The van der Waals surface area contributed by atoms with Crippen LogP contribution in [-0.4, -0.2) is 61.0 Å². The van der Waals surface area contributed by atoms with Crippen LogP contribution in [0.2, 0.25) is 0 Å². The van der Waals surface area contributed by atoms with E-state index >= 15 is 0 Å². The van der Waals surface area contributed by atoms with E-state index in [0.717, 1.165) is 0 Å². The van der Waals surface area contributed by atoms with Crippen molar-refractivity contribution in [2.45, 2.75) is 46.3 Å². The molecular formula is C14H28N2O3. The second kappa shape index (κ2) is 6.89. The third-order valence-corrected chi connectivity index (χ3v) is 2.60. The average Bonchev–Trinajstić information content (AvgIpc) is 2.12. The summed E-state index contributed by atoms with van der Waals surface area (Å²) >= 11 is 0. The molecule has 112 valence electrons. The normalized spacial score (nSPS) is 13.6. The smallest absolute Gasteiger partial charge is 0.326 e. The number of carbonyl (C=O) groups excluding carboxylic acids is 2. The lowest BCUT2D eigenvalue weighted by Crippen LogP contribution is -2.49. The van der Waals surface area contributed by atoms with Crippen LogP contribution < -0.4 is 0 Å². The Bertz CT molecular complexity index is 311. The molecule has 0 fully saturated rings. The Morgan fingerprint density at radius 3 is 1.89 bits per heavy atom. The maximum Gasteiger partial charge on any atom is 0.326 e. The highest BCUT2D eigenvalue weighted by atomic mass is 16.6. The van der Waals surface area contributed by atoms with E-state index in [9.17, 15) is 9.59 Å². The number of rotatable bonds is 5. The first kappa shape index (κ1) is 17.9. The number of amides is 1. The van der Waals surface area contributed by atoms with Crippen LogP contribution in [0.25, 0.3) is 0 Å². The summed E-state index contributed by atoms with van der Waals surface area (Å²) in [6, 6.07) is -0.229. The van der Waals surface area contributed by atoms with Gasteiger partial charge in [-0.2, -0.15) is 0 Å². The van der Waals surface area contributed by atoms with Crippen LogP contribution in [0, 0.1) is 5.92 Å². The minimum absolute atomic E-state index is 0.0207. The zero-order valence-electron chi connectivity index (χ0n) is 13.5. The van der Waals surface area contributed by atoms with Crippen LogP contribution in [0.1, 0.15) is 34.6 Å². The number of esters is 1. The number of carbonyl (C=O) groups is 2. The predicted molar refractivity (Wildman–Crippen MR) is 75.8 cm³/mol. The van der Waals surface area contributed by atoms with Gasteiger partial charge in [0, 0.05) is 7.05 Å². The molecular weight excluding hydrogens is 244 g/mol. The summed E-state index contributed by atoms with van der Waals surface area (Å²) in [6.07, 6.45) is 0. The Kier molecular flexibility index (Phi) is 6.49. The second-order valence-corrected chi connectivity index (χ2v) is 6.43. The summed E-state index contributed by atoms with van der Waals surface area (Å²) in [6.45, 7) is 9.39.